The molecule has 7 heteroatoms. The van der Waals surface area contributed by atoms with Crippen LogP contribution in [0.25, 0.3) is 10.9 Å². The molecule has 0 spiro atoms. The highest BCUT2D eigenvalue weighted by molar-refractivity contribution is 5.95. The fourth-order valence-corrected chi connectivity index (χ4v) is 3.73. The van der Waals surface area contributed by atoms with Crippen molar-refractivity contribution >= 4 is 16.8 Å². The molecule has 1 aliphatic rings. The quantitative estimate of drug-likeness (QED) is 0.785. The van der Waals surface area contributed by atoms with Crippen molar-refractivity contribution in [2.45, 2.75) is 26.0 Å². The lowest BCUT2D eigenvalue weighted by Crippen LogP contribution is -2.31. The number of benzene rings is 1. The van der Waals surface area contributed by atoms with E-state index in [1.54, 1.807) is 36.0 Å². The van der Waals surface area contributed by atoms with Gasteiger partial charge in [0.2, 0.25) is 0 Å². The maximum Gasteiger partial charge on any atom is 0.257 e. The van der Waals surface area contributed by atoms with Gasteiger partial charge in [0, 0.05) is 38.0 Å². The van der Waals surface area contributed by atoms with E-state index in [0.717, 1.165) is 29.5 Å². The third-order valence-electron chi connectivity index (χ3n) is 4.89. The van der Waals surface area contributed by atoms with Gasteiger partial charge in [-0.2, -0.15) is 5.10 Å². The Morgan fingerprint density at radius 1 is 1.42 bits per heavy atom. The molecule has 0 bridgehead atoms. The van der Waals surface area contributed by atoms with E-state index in [4.69, 9.17) is 4.74 Å². The van der Waals surface area contributed by atoms with Crippen molar-refractivity contribution in [3.63, 3.8) is 0 Å². The monoisotopic (exact) mass is 356 g/mol. The molecule has 1 aliphatic heterocycles. The summed E-state index contributed by atoms with van der Waals surface area (Å²) >= 11 is 0. The Bertz CT molecular complexity index is 975. The van der Waals surface area contributed by atoms with E-state index < -0.39 is 0 Å². The molecule has 3 aromatic rings. The molecule has 0 fully saturated rings. The molecule has 2 aromatic heterocycles. The van der Waals surface area contributed by atoms with Crippen molar-refractivity contribution in [2.75, 3.05) is 13.7 Å². The second-order valence-corrected chi connectivity index (χ2v) is 6.67. The summed E-state index contributed by atoms with van der Waals surface area (Å²) in [5, 5.41) is 5.23. The first kappa shape index (κ1) is 16.8. The van der Waals surface area contributed by atoms with Gasteiger partial charge in [-0.15, -0.1) is 0 Å². The van der Waals surface area contributed by atoms with E-state index >= 15 is 0 Å². The van der Waals surface area contributed by atoms with Crippen LogP contribution < -0.4 is 0 Å². The Morgan fingerprint density at radius 2 is 2.27 bits per heavy atom. The lowest BCUT2D eigenvalue weighted by Gasteiger charge is -2.20. The number of aryl methyl sites for hydroxylation is 2. The van der Waals surface area contributed by atoms with Gasteiger partial charge in [-0.1, -0.05) is 12.1 Å². The minimum atomic E-state index is -0.261. The van der Waals surface area contributed by atoms with E-state index in [9.17, 15) is 9.18 Å². The SMILES string of the molecule is COCc1nn(C)cc1C(=O)N1CCCc2c([nH]c3c(F)cccc23)C1. The third kappa shape index (κ3) is 2.78. The van der Waals surface area contributed by atoms with Gasteiger partial charge in [0.1, 0.15) is 11.5 Å². The normalized spacial score (nSPS) is 14.5. The van der Waals surface area contributed by atoms with Crippen LogP contribution in [0, 0.1) is 5.82 Å². The summed E-state index contributed by atoms with van der Waals surface area (Å²) < 4.78 is 20.9. The van der Waals surface area contributed by atoms with E-state index in [0.29, 0.717) is 36.5 Å². The smallest absolute Gasteiger partial charge is 0.257 e. The summed E-state index contributed by atoms with van der Waals surface area (Å²) in [6.07, 6.45) is 3.38. The first-order valence-corrected chi connectivity index (χ1v) is 8.67. The van der Waals surface area contributed by atoms with Crippen LogP contribution in [0.4, 0.5) is 4.39 Å². The summed E-state index contributed by atoms with van der Waals surface area (Å²) in [6, 6.07) is 5.11. The van der Waals surface area contributed by atoms with E-state index in [1.165, 1.54) is 6.07 Å². The number of rotatable bonds is 3. The van der Waals surface area contributed by atoms with Crippen LogP contribution >= 0.6 is 0 Å². The van der Waals surface area contributed by atoms with Crippen LogP contribution in [0.5, 0.6) is 0 Å². The van der Waals surface area contributed by atoms with Crippen LogP contribution in [-0.2, 0) is 31.4 Å². The van der Waals surface area contributed by atoms with Gasteiger partial charge in [-0.25, -0.2) is 4.39 Å². The van der Waals surface area contributed by atoms with Crippen molar-refractivity contribution in [1.29, 1.82) is 0 Å². The number of H-pyrrole nitrogens is 1. The summed E-state index contributed by atoms with van der Waals surface area (Å²) in [5.74, 6) is -0.333. The fourth-order valence-electron chi connectivity index (χ4n) is 3.73. The minimum absolute atomic E-state index is 0.0721. The van der Waals surface area contributed by atoms with Gasteiger partial charge in [0.05, 0.1) is 24.2 Å². The lowest BCUT2D eigenvalue weighted by atomic mass is 10.1. The van der Waals surface area contributed by atoms with Gasteiger partial charge >= 0.3 is 0 Å². The average Bonchev–Trinajstić information content (AvgIpc) is 3.08. The Labute approximate surface area is 150 Å². The number of aromatic amines is 1. The molecule has 0 saturated heterocycles. The molecule has 0 radical (unpaired) electrons. The fraction of sp³-hybridized carbons (Fsp3) is 0.368. The zero-order valence-corrected chi connectivity index (χ0v) is 14.9. The highest BCUT2D eigenvalue weighted by Crippen LogP contribution is 2.29. The number of fused-ring (bicyclic) bond motifs is 3. The summed E-state index contributed by atoms with van der Waals surface area (Å²) in [5.41, 5.74) is 3.73. The molecule has 1 amide bonds. The highest BCUT2D eigenvalue weighted by atomic mass is 19.1. The van der Waals surface area contributed by atoms with Gasteiger partial charge in [-0.3, -0.25) is 9.48 Å². The molecule has 0 atom stereocenters. The molecule has 0 unspecified atom stereocenters. The van der Waals surface area contributed by atoms with Gasteiger partial charge in [0.15, 0.2) is 0 Å². The van der Waals surface area contributed by atoms with Gasteiger partial charge in [0.25, 0.3) is 5.91 Å². The van der Waals surface area contributed by atoms with Crippen LogP contribution in [0.2, 0.25) is 0 Å². The Hall–Kier alpha value is -2.67. The number of methoxy groups -OCH3 is 1. The zero-order chi connectivity index (χ0) is 18.3. The van der Waals surface area contributed by atoms with Crippen molar-refractivity contribution in [2.24, 2.45) is 7.05 Å². The van der Waals surface area contributed by atoms with E-state index in [1.807, 2.05) is 6.07 Å². The molecule has 3 heterocycles. The molecule has 1 aromatic carbocycles. The molecule has 4 rings (SSSR count). The van der Waals surface area contributed by atoms with Crippen LogP contribution in [0.1, 0.15) is 33.7 Å². The molecular formula is C19H21FN4O2. The standard InChI is InChI=1S/C19H21FN4O2/c1-23-9-14(17(22-23)11-26-2)19(25)24-8-4-6-12-13-5-3-7-15(20)18(13)21-16(12)10-24/h3,5,7,9,21H,4,6,8,10-11H2,1-2H3. The zero-order valence-electron chi connectivity index (χ0n) is 14.9. The molecule has 26 heavy (non-hydrogen) atoms. The topological polar surface area (TPSA) is 63.2 Å². The minimum Gasteiger partial charge on any atom is -0.378 e. The number of nitrogens with zero attached hydrogens (tertiary/aromatic N) is 3. The van der Waals surface area contributed by atoms with Gasteiger partial charge < -0.3 is 14.6 Å². The van der Waals surface area contributed by atoms with E-state index in [-0.39, 0.29) is 11.7 Å². The average molecular weight is 356 g/mol. The molecule has 136 valence electrons. The van der Waals surface area contributed by atoms with Gasteiger partial charge in [-0.05, 0) is 24.5 Å². The summed E-state index contributed by atoms with van der Waals surface area (Å²) in [7, 11) is 3.37. The number of carbonyl (C=O) groups is 1. The third-order valence-corrected chi connectivity index (χ3v) is 4.89. The van der Waals surface area contributed by atoms with Crippen molar-refractivity contribution in [3.05, 3.63) is 52.7 Å². The molecule has 0 aliphatic carbocycles. The number of hydrogen-bond donors (Lipinski definition) is 1. The van der Waals surface area contributed by atoms with Crippen molar-refractivity contribution < 1.29 is 13.9 Å². The number of carbonyl (C=O) groups excluding carboxylic acids is 1. The first-order chi connectivity index (χ1) is 12.6. The molecular weight excluding hydrogens is 335 g/mol. The molecule has 6 nitrogen and oxygen atoms in total. The van der Waals surface area contributed by atoms with Crippen LogP contribution in [0.15, 0.2) is 24.4 Å². The number of aromatic nitrogens is 3. The highest BCUT2D eigenvalue weighted by Gasteiger charge is 2.26. The predicted octanol–water partition coefficient (Wildman–Crippen LogP) is 2.78. The largest absolute Gasteiger partial charge is 0.378 e. The maximum absolute atomic E-state index is 14.1. The first-order valence-electron chi connectivity index (χ1n) is 8.67. The number of amides is 1. The predicted molar refractivity (Wildman–Crippen MR) is 95.2 cm³/mol. The van der Waals surface area contributed by atoms with Crippen LogP contribution in [0.3, 0.4) is 0 Å². The second-order valence-electron chi connectivity index (χ2n) is 6.67. The summed E-state index contributed by atoms with van der Waals surface area (Å²) in [6.45, 7) is 1.38. The number of hydrogen-bond acceptors (Lipinski definition) is 3. The number of ether oxygens (including phenoxy) is 1. The second kappa shape index (κ2) is 6.57. The number of para-hydroxylation sites is 1. The molecule has 0 saturated carbocycles. The van der Waals surface area contributed by atoms with E-state index in [2.05, 4.69) is 10.1 Å². The number of nitrogens with one attached hydrogen (secondary N) is 1. The Balaban J connectivity index is 1.68. The summed E-state index contributed by atoms with van der Waals surface area (Å²) in [4.78, 5) is 18.1. The molecule has 1 N–H and O–H groups in total. The Morgan fingerprint density at radius 3 is 3.08 bits per heavy atom. The van der Waals surface area contributed by atoms with Crippen molar-refractivity contribution in [3.8, 4) is 0 Å². The lowest BCUT2D eigenvalue weighted by molar-refractivity contribution is 0.0739. The van der Waals surface area contributed by atoms with Crippen molar-refractivity contribution in [1.82, 2.24) is 19.7 Å². The van der Waals surface area contributed by atoms with Crippen LogP contribution in [-0.4, -0.2) is 39.2 Å². The number of halogens is 1. The Kier molecular flexibility index (Phi) is 4.24. The maximum atomic E-state index is 14.1.